The normalized spacial score (nSPS) is 12.3. The Balaban J connectivity index is 3.00. The minimum absolute atomic E-state index is 0.418. The summed E-state index contributed by atoms with van der Waals surface area (Å²) in [5.74, 6) is 0.925. The Bertz CT molecular complexity index is 352. The lowest BCUT2D eigenvalue weighted by Gasteiger charge is -2.28. The van der Waals surface area contributed by atoms with Gasteiger partial charge in [0.05, 0.1) is 12.8 Å². The number of nitrogens with two attached hydrogens (primary N) is 1. The number of anilines is 1. The van der Waals surface area contributed by atoms with Crippen LogP contribution in [-0.2, 0) is 6.42 Å². The van der Waals surface area contributed by atoms with Crippen LogP contribution in [0.3, 0.4) is 0 Å². The molecule has 1 aromatic rings. The van der Waals surface area contributed by atoms with Crippen molar-refractivity contribution < 1.29 is 4.74 Å². The number of hydrogen-bond donors (Lipinski definition) is 1. The van der Waals surface area contributed by atoms with Crippen LogP contribution in [0.1, 0.15) is 25.8 Å². The summed E-state index contributed by atoms with van der Waals surface area (Å²) >= 11 is 0. The third-order valence-corrected chi connectivity index (χ3v) is 3.28. The van der Waals surface area contributed by atoms with Crippen LogP contribution < -0.4 is 15.4 Å². The molecule has 1 unspecified atom stereocenters. The summed E-state index contributed by atoms with van der Waals surface area (Å²) < 4.78 is 5.42. The topological polar surface area (TPSA) is 38.5 Å². The SMILES string of the molecule is CCc1ccc(OC)c(N(C)C(C)CCN)c1. The first-order valence-electron chi connectivity index (χ1n) is 6.23. The van der Waals surface area contributed by atoms with E-state index in [4.69, 9.17) is 10.5 Å². The third kappa shape index (κ3) is 3.37. The Labute approximate surface area is 105 Å². The van der Waals surface area contributed by atoms with Gasteiger partial charge in [0.15, 0.2) is 0 Å². The largest absolute Gasteiger partial charge is 0.495 e. The second-order valence-electron chi connectivity index (χ2n) is 4.40. The maximum absolute atomic E-state index is 5.61. The van der Waals surface area contributed by atoms with Gasteiger partial charge in [-0.15, -0.1) is 0 Å². The van der Waals surface area contributed by atoms with E-state index in [1.54, 1.807) is 7.11 Å². The zero-order chi connectivity index (χ0) is 12.8. The van der Waals surface area contributed by atoms with Crippen LogP contribution in [0.4, 0.5) is 5.69 Å². The molecule has 0 aliphatic carbocycles. The fraction of sp³-hybridized carbons (Fsp3) is 0.571. The van der Waals surface area contributed by atoms with Crippen LogP contribution >= 0.6 is 0 Å². The molecule has 0 aliphatic rings. The van der Waals surface area contributed by atoms with Gasteiger partial charge in [-0.25, -0.2) is 0 Å². The molecular weight excluding hydrogens is 212 g/mol. The molecular formula is C14H24N2O. The van der Waals surface area contributed by atoms with Crippen LogP contribution in [0.2, 0.25) is 0 Å². The Morgan fingerprint density at radius 3 is 2.65 bits per heavy atom. The molecule has 0 spiro atoms. The first-order chi connectivity index (χ1) is 8.13. The first-order valence-corrected chi connectivity index (χ1v) is 6.23. The minimum atomic E-state index is 0.418. The van der Waals surface area contributed by atoms with Crippen molar-refractivity contribution in [2.75, 3.05) is 25.6 Å². The quantitative estimate of drug-likeness (QED) is 0.824. The molecule has 3 nitrogen and oxygen atoms in total. The number of rotatable bonds is 6. The van der Waals surface area contributed by atoms with E-state index < -0.39 is 0 Å². The number of nitrogens with zero attached hydrogens (tertiary/aromatic N) is 1. The Kier molecular flexibility index (Phi) is 5.29. The molecule has 0 bridgehead atoms. The molecule has 0 saturated heterocycles. The van der Waals surface area contributed by atoms with E-state index in [0.717, 1.165) is 24.3 Å². The summed E-state index contributed by atoms with van der Waals surface area (Å²) in [4.78, 5) is 2.24. The second kappa shape index (κ2) is 6.50. The number of hydrogen-bond acceptors (Lipinski definition) is 3. The van der Waals surface area contributed by atoms with Gasteiger partial charge >= 0.3 is 0 Å². The summed E-state index contributed by atoms with van der Waals surface area (Å²) in [5, 5.41) is 0. The van der Waals surface area contributed by atoms with Gasteiger partial charge in [0.2, 0.25) is 0 Å². The fourth-order valence-electron chi connectivity index (χ4n) is 1.90. The molecule has 96 valence electrons. The van der Waals surface area contributed by atoms with E-state index in [2.05, 4.69) is 37.9 Å². The van der Waals surface area contributed by atoms with Gasteiger partial charge in [-0.2, -0.15) is 0 Å². The molecule has 17 heavy (non-hydrogen) atoms. The van der Waals surface area contributed by atoms with E-state index in [0.29, 0.717) is 12.6 Å². The molecule has 0 aromatic heterocycles. The average Bonchev–Trinajstić information content (AvgIpc) is 2.37. The van der Waals surface area contributed by atoms with Crippen molar-refractivity contribution in [3.05, 3.63) is 23.8 Å². The molecule has 3 heteroatoms. The van der Waals surface area contributed by atoms with Crippen LogP contribution in [0.5, 0.6) is 5.75 Å². The van der Waals surface area contributed by atoms with Crippen molar-refractivity contribution in [3.8, 4) is 5.75 Å². The van der Waals surface area contributed by atoms with Gasteiger partial charge in [-0.3, -0.25) is 0 Å². The Morgan fingerprint density at radius 1 is 1.41 bits per heavy atom. The molecule has 2 N–H and O–H groups in total. The lowest BCUT2D eigenvalue weighted by molar-refractivity contribution is 0.413. The highest BCUT2D eigenvalue weighted by Crippen LogP contribution is 2.30. The lowest BCUT2D eigenvalue weighted by atomic mass is 10.1. The molecule has 0 fully saturated rings. The van der Waals surface area contributed by atoms with Crippen LogP contribution in [0.15, 0.2) is 18.2 Å². The van der Waals surface area contributed by atoms with Gasteiger partial charge in [0.1, 0.15) is 5.75 Å². The third-order valence-electron chi connectivity index (χ3n) is 3.28. The van der Waals surface area contributed by atoms with Crippen molar-refractivity contribution in [2.24, 2.45) is 5.73 Å². The van der Waals surface area contributed by atoms with Gasteiger partial charge in [0.25, 0.3) is 0 Å². The van der Waals surface area contributed by atoms with Crippen molar-refractivity contribution >= 4 is 5.69 Å². The molecule has 0 radical (unpaired) electrons. The first kappa shape index (κ1) is 13.8. The number of ether oxygens (including phenoxy) is 1. The van der Waals surface area contributed by atoms with E-state index in [9.17, 15) is 0 Å². The molecule has 1 aromatic carbocycles. The maximum atomic E-state index is 5.61. The second-order valence-corrected chi connectivity index (χ2v) is 4.40. The van der Waals surface area contributed by atoms with E-state index in [-0.39, 0.29) is 0 Å². The van der Waals surface area contributed by atoms with E-state index in [1.807, 2.05) is 6.07 Å². The average molecular weight is 236 g/mol. The van der Waals surface area contributed by atoms with Crippen molar-refractivity contribution in [1.82, 2.24) is 0 Å². The Hall–Kier alpha value is -1.22. The molecule has 0 amide bonds. The zero-order valence-corrected chi connectivity index (χ0v) is 11.4. The molecule has 0 saturated carbocycles. The van der Waals surface area contributed by atoms with E-state index in [1.165, 1.54) is 5.56 Å². The van der Waals surface area contributed by atoms with Crippen molar-refractivity contribution in [3.63, 3.8) is 0 Å². The smallest absolute Gasteiger partial charge is 0.142 e. The maximum Gasteiger partial charge on any atom is 0.142 e. The van der Waals surface area contributed by atoms with E-state index >= 15 is 0 Å². The lowest BCUT2D eigenvalue weighted by Crippen LogP contribution is -2.31. The minimum Gasteiger partial charge on any atom is -0.495 e. The van der Waals surface area contributed by atoms with Crippen molar-refractivity contribution in [1.29, 1.82) is 0 Å². The molecule has 0 heterocycles. The summed E-state index contributed by atoms with van der Waals surface area (Å²) in [7, 11) is 3.81. The van der Waals surface area contributed by atoms with Gasteiger partial charge in [-0.1, -0.05) is 13.0 Å². The molecule has 1 rings (SSSR count). The Morgan fingerprint density at radius 2 is 2.12 bits per heavy atom. The molecule has 0 aliphatic heterocycles. The predicted octanol–water partition coefficient (Wildman–Crippen LogP) is 2.43. The summed E-state index contributed by atoms with van der Waals surface area (Å²) in [6, 6.07) is 6.77. The van der Waals surface area contributed by atoms with Gasteiger partial charge in [-0.05, 0) is 44.0 Å². The highest BCUT2D eigenvalue weighted by molar-refractivity contribution is 5.60. The number of methoxy groups -OCH3 is 1. The van der Waals surface area contributed by atoms with Crippen LogP contribution in [0, 0.1) is 0 Å². The van der Waals surface area contributed by atoms with Gasteiger partial charge < -0.3 is 15.4 Å². The van der Waals surface area contributed by atoms with Crippen LogP contribution in [-0.4, -0.2) is 26.7 Å². The predicted molar refractivity (Wildman–Crippen MR) is 73.9 cm³/mol. The van der Waals surface area contributed by atoms with Crippen molar-refractivity contribution in [2.45, 2.75) is 32.7 Å². The monoisotopic (exact) mass is 236 g/mol. The van der Waals surface area contributed by atoms with Gasteiger partial charge in [0, 0.05) is 13.1 Å². The zero-order valence-electron chi connectivity index (χ0n) is 11.4. The summed E-state index contributed by atoms with van der Waals surface area (Å²) in [5.41, 5.74) is 8.09. The fourth-order valence-corrected chi connectivity index (χ4v) is 1.90. The standard InChI is InChI=1S/C14H24N2O/c1-5-12-6-7-14(17-4)13(10-12)16(3)11(2)8-9-15/h6-7,10-11H,5,8-9,15H2,1-4H3. The number of benzene rings is 1. The van der Waals surface area contributed by atoms with Crippen LogP contribution in [0.25, 0.3) is 0 Å². The highest BCUT2D eigenvalue weighted by atomic mass is 16.5. The highest BCUT2D eigenvalue weighted by Gasteiger charge is 2.14. The number of aryl methyl sites for hydroxylation is 1. The molecule has 1 atom stereocenters. The summed E-state index contributed by atoms with van der Waals surface area (Å²) in [6.45, 7) is 5.06. The summed E-state index contributed by atoms with van der Waals surface area (Å²) in [6.07, 6.45) is 2.02.